The fourth-order valence-corrected chi connectivity index (χ4v) is 4.89. The van der Waals surface area contributed by atoms with Gasteiger partial charge in [-0.3, -0.25) is 4.99 Å². The molecule has 1 aromatic carbocycles. The van der Waals surface area contributed by atoms with Crippen LogP contribution in [0.4, 0.5) is 0 Å². The molecule has 1 atom stereocenters. The van der Waals surface area contributed by atoms with E-state index in [0.717, 1.165) is 37.9 Å². The number of guanidine groups is 1. The minimum atomic E-state index is 0.785. The van der Waals surface area contributed by atoms with E-state index in [0.29, 0.717) is 0 Å². The van der Waals surface area contributed by atoms with Gasteiger partial charge in [0, 0.05) is 50.3 Å². The van der Waals surface area contributed by atoms with E-state index in [4.69, 9.17) is 0 Å². The van der Waals surface area contributed by atoms with Crippen molar-refractivity contribution in [1.29, 1.82) is 0 Å². The molecule has 0 bridgehead atoms. The molecule has 0 radical (unpaired) electrons. The second kappa shape index (κ2) is 8.99. The highest BCUT2D eigenvalue weighted by Gasteiger charge is 2.26. The molecule has 2 saturated heterocycles. The lowest BCUT2D eigenvalue weighted by molar-refractivity contribution is 0.198. The van der Waals surface area contributed by atoms with E-state index >= 15 is 0 Å². The lowest BCUT2D eigenvalue weighted by Gasteiger charge is -2.29. The first kappa shape index (κ1) is 19.3. The molecule has 152 valence electrons. The van der Waals surface area contributed by atoms with Gasteiger partial charge in [0.1, 0.15) is 0 Å². The summed E-state index contributed by atoms with van der Waals surface area (Å²) in [6.07, 6.45) is 8.64. The van der Waals surface area contributed by atoms with E-state index in [-0.39, 0.29) is 0 Å². The van der Waals surface area contributed by atoms with Crippen molar-refractivity contribution in [3.05, 3.63) is 35.5 Å². The lowest BCUT2D eigenvalue weighted by atomic mass is 10.1. The number of rotatable bonds is 5. The predicted molar refractivity (Wildman–Crippen MR) is 118 cm³/mol. The average Bonchev–Trinajstić information content (AvgIpc) is 3.34. The van der Waals surface area contributed by atoms with Crippen LogP contribution in [0.3, 0.4) is 0 Å². The Morgan fingerprint density at radius 2 is 2.07 bits per heavy atom. The molecule has 2 aliphatic rings. The van der Waals surface area contributed by atoms with Crippen molar-refractivity contribution in [3.63, 3.8) is 0 Å². The summed E-state index contributed by atoms with van der Waals surface area (Å²) in [5.41, 5.74) is 3.96. The van der Waals surface area contributed by atoms with Gasteiger partial charge < -0.3 is 20.1 Å². The van der Waals surface area contributed by atoms with Crippen LogP contribution in [0.2, 0.25) is 0 Å². The largest absolute Gasteiger partial charge is 0.361 e. The van der Waals surface area contributed by atoms with Crippen LogP contribution in [0.1, 0.15) is 36.8 Å². The van der Waals surface area contributed by atoms with Gasteiger partial charge in [-0.2, -0.15) is 0 Å². The van der Waals surface area contributed by atoms with Gasteiger partial charge in [0.05, 0.1) is 0 Å². The second-order valence-corrected chi connectivity index (χ2v) is 8.50. The molecule has 4 rings (SSSR count). The number of H-pyrrole nitrogens is 1. The molecule has 5 heteroatoms. The van der Waals surface area contributed by atoms with E-state index < -0.39 is 0 Å². The summed E-state index contributed by atoms with van der Waals surface area (Å²) in [5.74, 6) is 1.85. The van der Waals surface area contributed by atoms with Crippen LogP contribution in [-0.2, 0) is 6.42 Å². The van der Waals surface area contributed by atoms with Crippen molar-refractivity contribution in [2.75, 3.05) is 46.3 Å². The van der Waals surface area contributed by atoms with Gasteiger partial charge in [-0.15, -0.1) is 0 Å². The maximum absolute atomic E-state index is 4.56. The highest BCUT2D eigenvalue weighted by Crippen LogP contribution is 2.22. The number of benzene rings is 1. The predicted octanol–water partition coefficient (Wildman–Crippen LogP) is 3.40. The maximum atomic E-state index is 4.56. The summed E-state index contributed by atoms with van der Waals surface area (Å²) in [6.45, 7) is 9.22. The fraction of sp³-hybridized carbons (Fsp3) is 0.609. The third-order valence-corrected chi connectivity index (χ3v) is 6.45. The molecule has 1 aromatic heterocycles. The van der Waals surface area contributed by atoms with E-state index in [9.17, 15) is 0 Å². The first-order valence-electron chi connectivity index (χ1n) is 11.0. The average molecular weight is 382 g/mol. The summed E-state index contributed by atoms with van der Waals surface area (Å²) in [5, 5.41) is 4.95. The molecular formula is C23H35N5. The summed E-state index contributed by atoms with van der Waals surface area (Å²) in [4.78, 5) is 13.1. The zero-order chi connectivity index (χ0) is 19.3. The quantitative estimate of drug-likeness (QED) is 0.616. The van der Waals surface area contributed by atoms with Gasteiger partial charge in [-0.05, 0) is 62.7 Å². The number of aromatic nitrogens is 1. The lowest BCUT2D eigenvalue weighted by Crippen LogP contribution is -2.41. The molecule has 3 heterocycles. The van der Waals surface area contributed by atoms with Crippen LogP contribution in [0.15, 0.2) is 29.4 Å². The number of piperidine rings is 1. The van der Waals surface area contributed by atoms with Crippen molar-refractivity contribution >= 4 is 16.9 Å². The Morgan fingerprint density at radius 1 is 1.21 bits per heavy atom. The van der Waals surface area contributed by atoms with Crippen molar-refractivity contribution in [3.8, 4) is 0 Å². The molecule has 2 aromatic rings. The van der Waals surface area contributed by atoms with Crippen molar-refractivity contribution in [1.82, 2.24) is 20.1 Å². The first-order chi connectivity index (χ1) is 13.7. The van der Waals surface area contributed by atoms with Gasteiger partial charge in [0.25, 0.3) is 0 Å². The SMILES string of the molecule is CN=C(NCCc1c[nH]c2c(C)cccc12)N1CCC(CN2CCCCC2)C1. The molecule has 28 heavy (non-hydrogen) atoms. The molecule has 1 unspecified atom stereocenters. The Hall–Kier alpha value is -2.01. The van der Waals surface area contributed by atoms with Crippen LogP contribution in [0.25, 0.3) is 10.9 Å². The summed E-state index contributed by atoms with van der Waals surface area (Å²) >= 11 is 0. The molecule has 0 aliphatic carbocycles. The smallest absolute Gasteiger partial charge is 0.193 e. The standard InChI is InChI=1S/C23H35N5/c1-18-7-6-8-21-20(15-26-22(18)21)9-11-25-23(24-2)28-14-10-19(17-28)16-27-12-4-3-5-13-27/h6-8,15,19,26H,3-5,9-14,16-17H2,1-2H3,(H,24,25). The molecular weight excluding hydrogens is 346 g/mol. The van der Waals surface area contributed by atoms with Gasteiger partial charge in [0.15, 0.2) is 5.96 Å². The zero-order valence-electron chi connectivity index (χ0n) is 17.5. The van der Waals surface area contributed by atoms with Gasteiger partial charge in [-0.1, -0.05) is 24.6 Å². The number of likely N-dealkylation sites (tertiary alicyclic amines) is 2. The number of para-hydroxylation sites is 1. The van der Waals surface area contributed by atoms with Crippen LogP contribution in [-0.4, -0.2) is 67.1 Å². The number of hydrogen-bond donors (Lipinski definition) is 2. The number of aromatic amines is 1. The number of hydrogen-bond acceptors (Lipinski definition) is 2. The second-order valence-electron chi connectivity index (χ2n) is 8.50. The highest BCUT2D eigenvalue weighted by atomic mass is 15.3. The number of aliphatic imine (C=N–C) groups is 1. The maximum Gasteiger partial charge on any atom is 0.193 e. The molecule has 0 saturated carbocycles. The van der Waals surface area contributed by atoms with Gasteiger partial charge in [-0.25, -0.2) is 0 Å². The Morgan fingerprint density at radius 3 is 2.89 bits per heavy atom. The highest BCUT2D eigenvalue weighted by molar-refractivity contribution is 5.86. The number of nitrogens with zero attached hydrogens (tertiary/aromatic N) is 3. The van der Waals surface area contributed by atoms with Crippen LogP contribution < -0.4 is 5.32 Å². The summed E-state index contributed by atoms with van der Waals surface area (Å²) < 4.78 is 0. The topological polar surface area (TPSA) is 46.7 Å². The Balaban J connectivity index is 1.27. The monoisotopic (exact) mass is 381 g/mol. The minimum Gasteiger partial charge on any atom is -0.361 e. The third-order valence-electron chi connectivity index (χ3n) is 6.45. The zero-order valence-corrected chi connectivity index (χ0v) is 17.5. The molecule has 2 N–H and O–H groups in total. The normalized spacial score (nSPS) is 21.6. The van der Waals surface area contributed by atoms with E-state index in [1.807, 2.05) is 7.05 Å². The first-order valence-corrected chi connectivity index (χ1v) is 11.0. The van der Waals surface area contributed by atoms with E-state index in [1.54, 1.807) is 0 Å². The minimum absolute atomic E-state index is 0.785. The fourth-order valence-electron chi connectivity index (χ4n) is 4.89. The summed E-state index contributed by atoms with van der Waals surface area (Å²) in [7, 11) is 1.91. The van der Waals surface area contributed by atoms with E-state index in [1.165, 1.54) is 67.3 Å². The Bertz CT molecular complexity index is 802. The third kappa shape index (κ3) is 4.35. The number of aryl methyl sites for hydroxylation is 1. The van der Waals surface area contributed by atoms with Gasteiger partial charge >= 0.3 is 0 Å². The molecule has 0 amide bonds. The van der Waals surface area contributed by atoms with Gasteiger partial charge in [0.2, 0.25) is 0 Å². The summed E-state index contributed by atoms with van der Waals surface area (Å²) in [6, 6.07) is 6.53. The molecule has 0 spiro atoms. The van der Waals surface area contributed by atoms with Crippen molar-refractivity contribution in [2.45, 2.75) is 39.0 Å². The Kier molecular flexibility index (Phi) is 6.20. The van der Waals surface area contributed by atoms with Crippen LogP contribution >= 0.6 is 0 Å². The molecule has 2 aliphatic heterocycles. The van der Waals surface area contributed by atoms with E-state index in [2.05, 4.69) is 56.4 Å². The molecule has 5 nitrogen and oxygen atoms in total. The number of nitrogens with one attached hydrogen (secondary N) is 2. The van der Waals surface area contributed by atoms with Crippen LogP contribution in [0.5, 0.6) is 0 Å². The molecule has 2 fully saturated rings. The van der Waals surface area contributed by atoms with Crippen molar-refractivity contribution < 1.29 is 0 Å². The van der Waals surface area contributed by atoms with Crippen molar-refractivity contribution in [2.24, 2.45) is 10.9 Å². The van der Waals surface area contributed by atoms with Crippen LogP contribution in [0, 0.1) is 12.8 Å². The Labute approximate surface area is 169 Å². The number of fused-ring (bicyclic) bond motifs is 1.